The third-order valence-electron chi connectivity index (χ3n) is 3.71. The zero-order valence-corrected chi connectivity index (χ0v) is 15.6. The lowest BCUT2D eigenvalue weighted by molar-refractivity contribution is -0.119. The molecule has 0 spiro atoms. The van der Waals surface area contributed by atoms with Gasteiger partial charge in [-0.3, -0.25) is 4.79 Å². The van der Waals surface area contributed by atoms with E-state index in [1.807, 2.05) is 6.92 Å². The van der Waals surface area contributed by atoms with E-state index in [1.165, 1.54) is 24.3 Å². The summed E-state index contributed by atoms with van der Waals surface area (Å²) in [5.41, 5.74) is 0.676. The minimum absolute atomic E-state index is 0.0181. The highest BCUT2D eigenvalue weighted by Crippen LogP contribution is 2.13. The topological polar surface area (TPSA) is 102 Å². The Labute approximate surface area is 151 Å². The highest BCUT2D eigenvalue weighted by atomic mass is 32.2. The third kappa shape index (κ3) is 6.21. The summed E-state index contributed by atoms with van der Waals surface area (Å²) in [6.45, 7) is 3.72. The molecule has 1 heterocycles. The first kappa shape index (κ1) is 20.0. The number of hydrogen-bond donors (Lipinski definition) is 1. The normalized spacial score (nSPS) is 12.7. The van der Waals surface area contributed by atoms with E-state index in [1.54, 1.807) is 6.92 Å². The SMILES string of the molecule is CCCCc1noc(CS(=O)(=O)CC(=O)NC(C)c2ccc(F)cc2)n1. The average Bonchev–Trinajstić information content (AvgIpc) is 2.99. The number of hydrogen-bond acceptors (Lipinski definition) is 6. The number of sulfone groups is 1. The second kappa shape index (κ2) is 8.88. The first-order chi connectivity index (χ1) is 12.3. The fourth-order valence-corrected chi connectivity index (χ4v) is 3.42. The Morgan fingerprint density at radius 3 is 2.65 bits per heavy atom. The van der Waals surface area contributed by atoms with Crippen LogP contribution in [0.15, 0.2) is 28.8 Å². The molecule has 142 valence electrons. The van der Waals surface area contributed by atoms with E-state index in [-0.39, 0.29) is 11.7 Å². The van der Waals surface area contributed by atoms with Crippen LogP contribution >= 0.6 is 0 Å². The third-order valence-corrected chi connectivity index (χ3v) is 5.09. The lowest BCUT2D eigenvalue weighted by atomic mass is 10.1. The number of aromatic nitrogens is 2. The Bertz CT molecular complexity index is 834. The van der Waals surface area contributed by atoms with Crippen molar-refractivity contribution in [3.8, 4) is 0 Å². The molecule has 0 saturated heterocycles. The van der Waals surface area contributed by atoms with Crippen molar-refractivity contribution in [3.05, 3.63) is 47.4 Å². The standard InChI is InChI=1S/C17H22FN3O4S/c1-3-4-5-15-20-17(25-21-15)11-26(23,24)10-16(22)19-12(2)13-6-8-14(18)9-7-13/h6-9,12H,3-5,10-11H2,1-2H3,(H,19,22). The van der Waals surface area contributed by atoms with Crippen LogP contribution in [0, 0.1) is 5.82 Å². The van der Waals surface area contributed by atoms with Crippen molar-refractivity contribution in [3.63, 3.8) is 0 Å². The summed E-state index contributed by atoms with van der Waals surface area (Å²) in [5.74, 6) is -1.75. The van der Waals surface area contributed by atoms with Gasteiger partial charge in [0.25, 0.3) is 0 Å². The summed E-state index contributed by atoms with van der Waals surface area (Å²) in [6, 6.07) is 5.18. The zero-order valence-electron chi connectivity index (χ0n) is 14.7. The number of aryl methyl sites for hydroxylation is 1. The molecule has 1 amide bonds. The van der Waals surface area contributed by atoms with Crippen LogP contribution in [0.3, 0.4) is 0 Å². The summed E-state index contributed by atoms with van der Waals surface area (Å²) in [6.07, 6.45) is 2.47. The van der Waals surface area contributed by atoms with E-state index < -0.39 is 33.3 Å². The number of halogens is 1. The van der Waals surface area contributed by atoms with Crippen molar-refractivity contribution in [1.82, 2.24) is 15.5 Å². The van der Waals surface area contributed by atoms with Gasteiger partial charge < -0.3 is 9.84 Å². The lowest BCUT2D eigenvalue weighted by Gasteiger charge is -2.14. The van der Waals surface area contributed by atoms with Crippen LogP contribution in [0.1, 0.15) is 50.0 Å². The number of benzene rings is 1. The summed E-state index contributed by atoms with van der Waals surface area (Å²) < 4.78 is 42.2. The van der Waals surface area contributed by atoms with Crippen LogP contribution in [0.25, 0.3) is 0 Å². The van der Waals surface area contributed by atoms with Crippen molar-refractivity contribution in [2.24, 2.45) is 0 Å². The number of carbonyl (C=O) groups excluding carboxylic acids is 1. The molecule has 2 aromatic rings. The van der Waals surface area contributed by atoms with Crippen molar-refractivity contribution < 1.29 is 22.1 Å². The van der Waals surface area contributed by atoms with Crippen LogP contribution in [0.5, 0.6) is 0 Å². The van der Waals surface area contributed by atoms with E-state index in [0.29, 0.717) is 17.8 Å². The summed E-state index contributed by atoms with van der Waals surface area (Å²) in [4.78, 5) is 16.0. The summed E-state index contributed by atoms with van der Waals surface area (Å²) in [5, 5.41) is 6.31. The van der Waals surface area contributed by atoms with Crippen molar-refractivity contribution in [2.45, 2.75) is 44.9 Å². The molecule has 0 aliphatic heterocycles. The molecule has 9 heteroatoms. The van der Waals surface area contributed by atoms with E-state index in [2.05, 4.69) is 15.5 Å². The Morgan fingerprint density at radius 2 is 2.00 bits per heavy atom. The Kier molecular flexibility index (Phi) is 6.84. The highest BCUT2D eigenvalue weighted by Gasteiger charge is 2.22. The molecule has 1 aromatic heterocycles. The van der Waals surface area contributed by atoms with Gasteiger partial charge in [-0.05, 0) is 31.0 Å². The molecule has 1 atom stereocenters. The Morgan fingerprint density at radius 1 is 1.31 bits per heavy atom. The van der Waals surface area contributed by atoms with Gasteiger partial charge in [0.2, 0.25) is 11.8 Å². The van der Waals surface area contributed by atoms with Gasteiger partial charge in [0.1, 0.15) is 17.3 Å². The van der Waals surface area contributed by atoms with E-state index in [0.717, 1.165) is 12.8 Å². The predicted octanol–water partition coefficient (Wildman–Crippen LogP) is 2.34. The fourth-order valence-electron chi connectivity index (χ4n) is 2.34. The number of nitrogens with one attached hydrogen (secondary N) is 1. The van der Waals surface area contributed by atoms with Gasteiger partial charge in [-0.25, -0.2) is 12.8 Å². The maximum absolute atomic E-state index is 12.9. The molecule has 0 fully saturated rings. The van der Waals surface area contributed by atoms with Crippen molar-refractivity contribution in [2.75, 3.05) is 5.75 Å². The van der Waals surface area contributed by atoms with Gasteiger partial charge in [-0.15, -0.1) is 0 Å². The molecule has 0 saturated carbocycles. The smallest absolute Gasteiger partial charge is 0.241 e. The van der Waals surface area contributed by atoms with Gasteiger partial charge in [0.15, 0.2) is 15.7 Å². The monoisotopic (exact) mass is 383 g/mol. The first-order valence-electron chi connectivity index (χ1n) is 8.36. The molecule has 2 rings (SSSR count). The van der Waals surface area contributed by atoms with E-state index in [4.69, 9.17) is 4.52 Å². The van der Waals surface area contributed by atoms with Crippen LogP contribution in [-0.2, 0) is 26.8 Å². The molecule has 1 unspecified atom stereocenters. The molecule has 0 bridgehead atoms. The van der Waals surface area contributed by atoms with Crippen molar-refractivity contribution >= 4 is 15.7 Å². The number of nitrogens with zero attached hydrogens (tertiary/aromatic N) is 2. The molecule has 0 aliphatic carbocycles. The van der Waals surface area contributed by atoms with Crippen LogP contribution < -0.4 is 5.32 Å². The van der Waals surface area contributed by atoms with Gasteiger partial charge in [-0.2, -0.15) is 4.98 Å². The van der Waals surface area contributed by atoms with Gasteiger partial charge in [-0.1, -0.05) is 30.6 Å². The number of carbonyl (C=O) groups is 1. The fraction of sp³-hybridized carbons (Fsp3) is 0.471. The Hall–Kier alpha value is -2.29. The number of rotatable bonds is 9. The van der Waals surface area contributed by atoms with Gasteiger partial charge in [0.05, 0.1) is 6.04 Å². The molecule has 0 radical (unpaired) electrons. The highest BCUT2D eigenvalue weighted by molar-refractivity contribution is 7.91. The largest absolute Gasteiger partial charge is 0.349 e. The quantitative estimate of drug-likeness (QED) is 0.713. The van der Waals surface area contributed by atoms with Crippen LogP contribution in [-0.4, -0.2) is 30.2 Å². The summed E-state index contributed by atoms with van der Waals surface area (Å²) in [7, 11) is -3.74. The zero-order chi connectivity index (χ0) is 19.2. The molecule has 1 aromatic carbocycles. The molecular formula is C17H22FN3O4S. The maximum atomic E-state index is 12.9. The van der Waals surface area contributed by atoms with E-state index >= 15 is 0 Å². The van der Waals surface area contributed by atoms with Gasteiger partial charge in [0, 0.05) is 6.42 Å². The second-order valence-electron chi connectivity index (χ2n) is 6.08. The molecule has 26 heavy (non-hydrogen) atoms. The molecule has 0 aliphatic rings. The predicted molar refractivity (Wildman–Crippen MR) is 93.4 cm³/mol. The maximum Gasteiger partial charge on any atom is 0.241 e. The van der Waals surface area contributed by atoms with Crippen LogP contribution in [0.4, 0.5) is 4.39 Å². The Balaban J connectivity index is 1.90. The molecule has 7 nitrogen and oxygen atoms in total. The minimum Gasteiger partial charge on any atom is -0.349 e. The average molecular weight is 383 g/mol. The van der Waals surface area contributed by atoms with Crippen molar-refractivity contribution in [1.29, 1.82) is 0 Å². The number of unbranched alkanes of at least 4 members (excludes halogenated alkanes) is 1. The second-order valence-corrected chi connectivity index (χ2v) is 8.15. The lowest BCUT2D eigenvalue weighted by Crippen LogP contribution is -2.32. The number of amides is 1. The molecule has 1 N–H and O–H groups in total. The van der Waals surface area contributed by atoms with Crippen LogP contribution in [0.2, 0.25) is 0 Å². The van der Waals surface area contributed by atoms with E-state index in [9.17, 15) is 17.6 Å². The molecular weight excluding hydrogens is 361 g/mol. The first-order valence-corrected chi connectivity index (χ1v) is 10.2. The summed E-state index contributed by atoms with van der Waals surface area (Å²) >= 11 is 0. The minimum atomic E-state index is -3.74. The van der Waals surface area contributed by atoms with Gasteiger partial charge >= 0.3 is 0 Å².